The highest BCUT2D eigenvalue weighted by atomic mass is 31.2. The summed E-state index contributed by atoms with van der Waals surface area (Å²) in [5.41, 5.74) is 3.17. The van der Waals surface area contributed by atoms with Crippen molar-refractivity contribution in [2.45, 2.75) is 78.7 Å². The predicted octanol–water partition coefficient (Wildman–Crippen LogP) is 7.64. The molecule has 1 atom stereocenters. The molecule has 0 saturated heterocycles. The van der Waals surface area contributed by atoms with Crippen molar-refractivity contribution in [2.75, 3.05) is 20.3 Å². The summed E-state index contributed by atoms with van der Waals surface area (Å²) in [6, 6.07) is 7.87. The van der Waals surface area contributed by atoms with Crippen LogP contribution in [-0.4, -0.2) is 33.6 Å². The Balaban J connectivity index is 2.65. The molecule has 1 aromatic carbocycles. The summed E-state index contributed by atoms with van der Waals surface area (Å²) in [4.78, 5) is 4.42. The van der Waals surface area contributed by atoms with Gasteiger partial charge in [-0.2, -0.15) is 0 Å². The number of aromatic nitrogens is 1. The Morgan fingerprint density at radius 3 is 2.21 bits per heavy atom. The van der Waals surface area contributed by atoms with Gasteiger partial charge in [-0.3, -0.25) is 9.55 Å². The van der Waals surface area contributed by atoms with Crippen LogP contribution in [0.25, 0.3) is 0 Å². The third kappa shape index (κ3) is 6.51. The monoisotopic (exact) mass is 507 g/mol. The molecule has 0 spiro atoms. The van der Waals surface area contributed by atoms with Gasteiger partial charge in [-0.25, -0.2) is 0 Å². The van der Waals surface area contributed by atoms with Crippen LogP contribution in [0.5, 0.6) is 11.5 Å². The van der Waals surface area contributed by atoms with Gasteiger partial charge < -0.3 is 18.2 Å². The van der Waals surface area contributed by atoms with E-state index in [-0.39, 0.29) is 5.04 Å². The summed E-state index contributed by atoms with van der Waals surface area (Å²) >= 11 is 0. The highest BCUT2D eigenvalue weighted by Gasteiger charge is 2.41. The van der Waals surface area contributed by atoms with E-state index in [9.17, 15) is 4.57 Å². The Kier molecular flexibility index (Phi) is 9.57. The highest BCUT2D eigenvalue weighted by molar-refractivity contribution is 7.54. The zero-order valence-corrected chi connectivity index (χ0v) is 24.4. The molecule has 0 aliphatic carbocycles. The molecule has 0 fully saturated rings. The lowest BCUT2D eigenvalue weighted by Gasteiger charge is -2.37. The molecule has 190 valence electrons. The maximum atomic E-state index is 14.1. The number of rotatable bonds is 11. The standard InChI is InChI=1S/C26H42NO5PSi/c1-11-30-33(28,31-12-2)24(18-21-14-13-15-27-20(21)4)22-16-19(3)25(23(17-22)29-8)32-34(9,10)26(5,6)7/h13-17,24H,11-12,18H2,1-10H3. The van der Waals surface area contributed by atoms with Gasteiger partial charge in [0.2, 0.25) is 0 Å². The second-order valence-corrected chi connectivity index (χ2v) is 17.0. The summed E-state index contributed by atoms with van der Waals surface area (Å²) < 4.78 is 38.1. The van der Waals surface area contributed by atoms with Gasteiger partial charge in [-0.05, 0) is 81.1 Å². The first kappa shape index (κ1) is 28.6. The molecule has 6 nitrogen and oxygen atoms in total. The number of methoxy groups -OCH3 is 1. The van der Waals surface area contributed by atoms with E-state index in [1.165, 1.54) is 0 Å². The zero-order chi connectivity index (χ0) is 25.7. The molecule has 1 aromatic heterocycles. The van der Waals surface area contributed by atoms with Gasteiger partial charge in [-0.15, -0.1) is 0 Å². The van der Waals surface area contributed by atoms with Crippen molar-refractivity contribution in [1.29, 1.82) is 0 Å². The predicted molar refractivity (Wildman–Crippen MR) is 142 cm³/mol. The number of pyridine rings is 1. The zero-order valence-electron chi connectivity index (χ0n) is 22.5. The molecule has 1 unspecified atom stereocenters. The van der Waals surface area contributed by atoms with E-state index in [4.69, 9.17) is 18.2 Å². The number of hydrogen-bond acceptors (Lipinski definition) is 6. The molecule has 8 heteroatoms. The lowest BCUT2D eigenvalue weighted by Crippen LogP contribution is -2.44. The van der Waals surface area contributed by atoms with E-state index in [1.807, 2.05) is 52.0 Å². The summed E-state index contributed by atoms with van der Waals surface area (Å²) in [6.45, 7) is 19.3. The normalized spacial score (nSPS) is 13.6. The van der Waals surface area contributed by atoms with Crippen LogP contribution in [-0.2, 0) is 20.0 Å². The second kappa shape index (κ2) is 11.4. The minimum absolute atomic E-state index is 0.0448. The van der Waals surface area contributed by atoms with Gasteiger partial charge in [0.1, 0.15) is 5.75 Å². The van der Waals surface area contributed by atoms with Crippen molar-refractivity contribution in [3.05, 3.63) is 52.8 Å². The topological polar surface area (TPSA) is 66.9 Å². The fourth-order valence-electron chi connectivity index (χ4n) is 3.58. The van der Waals surface area contributed by atoms with Crippen molar-refractivity contribution in [1.82, 2.24) is 4.98 Å². The van der Waals surface area contributed by atoms with Gasteiger partial charge in [-0.1, -0.05) is 32.9 Å². The molecule has 0 N–H and O–H groups in total. The van der Waals surface area contributed by atoms with Crippen LogP contribution in [0.1, 0.15) is 62.7 Å². The maximum Gasteiger partial charge on any atom is 0.338 e. The number of hydrogen-bond donors (Lipinski definition) is 0. The molecule has 0 saturated carbocycles. The quantitative estimate of drug-likeness (QED) is 0.230. The van der Waals surface area contributed by atoms with Crippen molar-refractivity contribution in [3.63, 3.8) is 0 Å². The van der Waals surface area contributed by atoms with Gasteiger partial charge in [0.05, 0.1) is 26.0 Å². The van der Waals surface area contributed by atoms with Crippen LogP contribution in [0.2, 0.25) is 18.1 Å². The maximum absolute atomic E-state index is 14.1. The summed E-state index contributed by atoms with van der Waals surface area (Å²) in [7, 11) is -3.94. The first-order valence-electron chi connectivity index (χ1n) is 12.0. The van der Waals surface area contributed by atoms with E-state index in [0.717, 1.165) is 28.1 Å². The van der Waals surface area contributed by atoms with Gasteiger partial charge in [0, 0.05) is 11.9 Å². The summed E-state index contributed by atoms with van der Waals surface area (Å²) in [5, 5.41) is 0.0448. The van der Waals surface area contributed by atoms with Gasteiger partial charge in [0.25, 0.3) is 8.32 Å². The highest BCUT2D eigenvalue weighted by Crippen LogP contribution is 2.63. The number of aryl methyl sites for hydroxylation is 2. The number of nitrogens with zero attached hydrogens (tertiary/aromatic N) is 1. The fraction of sp³-hybridized carbons (Fsp3) is 0.577. The van der Waals surface area contributed by atoms with Crippen molar-refractivity contribution < 1.29 is 22.8 Å². The third-order valence-electron chi connectivity index (χ3n) is 6.56. The first-order chi connectivity index (χ1) is 15.8. The van der Waals surface area contributed by atoms with E-state index in [1.54, 1.807) is 13.3 Å². The van der Waals surface area contributed by atoms with E-state index in [0.29, 0.717) is 25.4 Å². The molecule has 0 aliphatic rings. The lowest BCUT2D eigenvalue weighted by atomic mass is 10.0. The molecule has 0 aliphatic heterocycles. The summed E-state index contributed by atoms with van der Waals surface area (Å²) in [5.74, 6) is 1.38. The molecule has 1 heterocycles. The molecule has 0 radical (unpaired) electrons. The van der Waals surface area contributed by atoms with E-state index < -0.39 is 21.6 Å². The average Bonchev–Trinajstić information content (AvgIpc) is 2.73. The first-order valence-corrected chi connectivity index (χ1v) is 16.5. The molecule has 0 amide bonds. The molecular weight excluding hydrogens is 465 g/mol. The SMILES string of the molecule is CCOP(=O)(OCC)C(Cc1cccnc1C)c1cc(C)c(O[Si](C)(C)C(C)(C)C)c(OC)c1. The van der Waals surface area contributed by atoms with Crippen LogP contribution >= 0.6 is 7.60 Å². The third-order valence-corrected chi connectivity index (χ3v) is 13.4. The molecule has 2 rings (SSSR count). The summed E-state index contributed by atoms with van der Waals surface area (Å²) in [6.07, 6.45) is 2.24. The Bertz CT molecular complexity index is 1010. The van der Waals surface area contributed by atoms with Crippen LogP contribution in [0.4, 0.5) is 0 Å². The minimum Gasteiger partial charge on any atom is -0.541 e. The lowest BCUT2D eigenvalue weighted by molar-refractivity contribution is 0.211. The minimum atomic E-state index is -3.49. The Morgan fingerprint density at radius 1 is 1.09 bits per heavy atom. The van der Waals surface area contributed by atoms with Crippen LogP contribution in [0.15, 0.2) is 30.5 Å². The number of benzene rings is 1. The van der Waals surface area contributed by atoms with Gasteiger partial charge >= 0.3 is 7.60 Å². The van der Waals surface area contributed by atoms with E-state index in [2.05, 4.69) is 38.8 Å². The largest absolute Gasteiger partial charge is 0.541 e. The van der Waals surface area contributed by atoms with Crippen LogP contribution < -0.4 is 9.16 Å². The Morgan fingerprint density at radius 2 is 1.71 bits per heavy atom. The van der Waals surface area contributed by atoms with Crippen LogP contribution in [0, 0.1) is 13.8 Å². The smallest absolute Gasteiger partial charge is 0.338 e. The second-order valence-electron chi connectivity index (χ2n) is 10.1. The van der Waals surface area contributed by atoms with E-state index >= 15 is 0 Å². The van der Waals surface area contributed by atoms with Gasteiger partial charge in [0.15, 0.2) is 5.75 Å². The fourth-order valence-corrected chi connectivity index (χ4v) is 6.75. The molecule has 0 bridgehead atoms. The number of ether oxygens (including phenoxy) is 1. The van der Waals surface area contributed by atoms with Crippen LogP contribution in [0.3, 0.4) is 0 Å². The average molecular weight is 508 g/mol. The molecule has 2 aromatic rings. The molecular formula is C26H42NO5PSi. The van der Waals surface area contributed by atoms with Crippen molar-refractivity contribution >= 4 is 15.9 Å². The molecule has 34 heavy (non-hydrogen) atoms. The Hall–Kier alpha value is -1.66. The Labute approximate surface area is 207 Å². The van der Waals surface area contributed by atoms with Crippen molar-refractivity contribution in [2.24, 2.45) is 0 Å². The van der Waals surface area contributed by atoms with Crippen molar-refractivity contribution in [3.8, 4) is 11.5 Å².